The first-order chi connectivity index (χ1) is 20.0. The Morgan fingerprint density at radius 1 is 0.953 bits per heavy atom. The quantitative estimate of drug-likeness (QED) is 0.349. The summed E-state index contributed by atoms with van der Waals surface area (Å²) in [5.74, 6) is 1.89. The molecular formula is C33H46N4O4S2. The average Bonchev–Trinajstić information content (AvgIpc) is 3.39. The minimum Gasteiger partial charge on any atom is -0.480 e. The SMILES string of the molecule is NC1=Nc2ccc(Oc3ccccc3)cc2CN1[C@@H](CCC(=O)N1C2CCCCC2C[C@H]1C(=O)O)C1CCCCC1.S.S. The lowest BCUT2D eigenvalue weighted by Gasteiger charge is -2.41. The molecule has 0 aromatic heterocycles. The van der Waals surface area contributed by atoms with E-state index in [0.29, 0.717) is 43.6 Å². The number of benzene rings is 2. The van der Waals surface area contributed by atoms with Crippen LogP contribution < -0.4 is 10.5 Å². The molecule has 0 spiro atoms. The van der Waals surface area contributed by atoms with Crippen molar-refractivity contribution in [2.75, 3.05) is 0 Å². The fourth-order valence-corrected chi connectivity index (χ4v) is 7.83. The summed E-state index contributed by atoms with van der Waals surface area (Å²) in [4.78, 5) is 34.6. The van der Waals surface area contributed by atoms with Crippen LogP contribution in [0.1, 0.15) is 82.6 Å². The number of aliphatic imine (C=N–C) groups is 1. The third-order valence-corrected chi connectivity index (χ3v) is 9.81. The molecule has 1 saturated heterocycles. The highest BCUT2D eigenvalue weighted by atomic mass is 32.1. The maximum atomic E-state index is 13.7. The van der Waals surface area contributed by atoms with Crippen LogP contribution in [0, 0.1) is 11.8 Å². The number of hydrogen-bond donors (Lipinski definition) is 2. The van der Waals surface area contributed by atoms with Crippen molar-refractivity contribution in [3.63, 3.8) is 0 Å². The van der Waals surface area contributed by atoms with Gasteiger partial charge in [-0.2, -0.15) is 27.0 Å². The van der Waals surface area contributed by atoms with Crippen molar-refractivity contribution in [1.29, 1.82) is 0 Å². The molecule has 43 heavy (non-hydrogen) atoms. The van der Waals surface area contributed by atoms with Crippen LogP contribution in [0.25, 0.3) is 0 Å². The van der Waals surface area contributed by atoms with Crippen molar-refractivity contribution in [3.05, 3.63) is 54.1 Å². The van der Waals surface area contributed by atoms with Gasteiger partial charge in [0.25, 0.3) is 0 Å². The third kappa shape index (κ3) is 7.28. The zero-order chi connectivity index (χ0) is 28.3. The number of guanidine groups is 1. The highest BCUT2D eigenvalue weighted by Gasteiger charge is 2.47. The number of carbonyl (C=O) groups is 2. The van der Waals surface area contributed by atoms with Crippen LogP contribution in [0.5, 0.6) is 11.5 Å². The molecular weight excluding hydrogens is 581 g/mol. The van der Waals surface area contributed by atoms with E-state index in [-0.39, 0.29) is 45.0 Å². The van der Waals surface area contributed by atoms with E-state index in [1.807, 2.05) is 48.5 Å². The molecule has 3 N–H and O–H groups in total. The second kappa shape index (κ2) is 14.8. The molecule has 0 radical (unpaired) electrons. The van der Waals surface area contributed by atoms with Crippen LogP contribution in [0.4, 0.5) is 5.69 Å². The molecule has 2 heterocycles. The van der Waals surface area contributed by atoms with Gasteiger partial charge in [0.1, 0.15) is 17.5 Å². The largest absolute Gasteiger partial charge is 0.480 e. The smallest absolute Gasteiger partial charge is 0.326 e. The maximum absolute atomic E-state index is 13.7. The number of aliphatic carboxylic acids is 1. The third-order valence-electron chi connectivity index (χ3n) is 9.81. The second-order valence-electron chi connectivity index (χ2n) is 12.3. The summed E-state index contributed by atoms with van der Waals surface area (Å²) in [6, 6.07) is 15.1. The summed E-state index contributed by atoms with van der Waals surface area (Å²) < 4.78 is 6.10. The van der Waals surface area contributed by atoms with E-state index in [9.17, 15) is 14.7 Å². The van der Waals surface area contributed by atoms with Crippen LogP contribution in [-0.4, -0.2) is 50.9 Å². The van der Waals surface area contributed by atoms with Gasteiger partial charge in [0, 0.05) is 30.6 Å². The molecule has 4 atom stereocenters. The lowest BCUT2D eigenvalue weighted by Crippen LogP contribution is -2.50. The fourth-order valence-electron chi connectivity index (χ4n) is 7.83. The summed E-state index contributed by atoms with van der Waals surface area (Å²) in [6.45, 7) is 0.609. The zero-order valence-electron chi connectivity index (χ0n) is 24.8. The monoisotopic (exact) mass is 626 g/mol. The predicted octanol–water partition coefficient (Wildman–Crippen LogP) is 6.44. The molecule has 2 saturated carbocycles. The first-order valence-electron chi connectivity index (χ1n) is 15.5. The number of nitrogens with two attached hydrogens (primary N) is 1. The van der Waals surface area contributed by atoms with Gasteiger partial charge in [0.15, 0.2) is 5.96 Å². The normalized spacial score (nSPS) is 24.0. The van der Waals surface area contributed by atoms with Gasteiger partial charge < -0.3 is 25.4 Å². The van der Waals surface area contributed by atoms with Crippen molar-refractivity contribution in [1.82, 2.24) is 9.80 Å². The average molecular weight is 627 g/mol. The van der Waals surface area contributed by atoms with Crippen molar-refractivity contribution >= 4 is 50.5 Å². The molecule has 234 valence electrons. The Hall–Kier alpha value is -2.85. The number of fused-ring (bicyclic) bond motifs is 2. The van der Waals surface area contributed by atoms with E-state index in [4.69, 9.17) is 15.5 Å². The molecule has 3 fully saturated rings. The van der Waals surface area contributed by atoms with Crippen molar-refractivity contribution in [2.24, 2.45) is 22.6 Å². The maximum Gasteiger partial charge on any atom is 0.326 e. The van der Waals surface area contributed by atoms with Crippen molar-refractivity contribution < 1.29 is 19.4 Å². The van der Waals surface area contributed by atoms with E-state index in [1.165, 1.54) is 19.3 Å². The van der Waals surface area contributed by atoms with Gasteiger partial charge >= 0.3 is 5.97 Å². The Balaban J connectivity index is 0.00000212. The number of carbonyl (C=O) groups excluding carboxylic acids is 1. The topological polar surface area (TPSA) is 108 Å². The number of nitrogens with zero attached hydrogens (tertiary/aromatic N) is 3. The zero-order valence-corrected chi connectivity index (χ0v) is 26.8. The number of hydrogen-bond acceptors (Lipinski definition) is 6. The van der Waals surface area contributed by atoms with Gasteiger partial charge in [0.2, 0.25) is 5.91 Å². The first kappa shape index (κ1) is 33.1. The Morgan fingerprint density at radius 2 is 1.67 bits per heavy atom. The molecule has 2 aromatic carbocycles. The molecule has 2 aromatic rings. The van der Waals surface area contributed by atoms with Crippen LogP contribution in [-0.2, 0) is 16.1 Å². The minimum atomic E-state index is -0.867. The Kier molecular flexibility index (Phi) is 11.3. The van der Waals surface area contributed by atoms with Gasteiger partial charge in [-0.05, 0) is 80.7 Å². The lowest BCUT2D eigenvalue weighted by molar-refractivity contribution is -0.150. The Labute approximate surface area is 269 Å². The van der Waals surface area contributed by atoms with Crippen LogP contribution in [0.15, 0.2) is 53.5 Å². The molecule has 0 bridgehead atoms. The van der Waals surface area contributed by atoms with Gasteiger partial charge in [-0.1, -0.05) is 50.3 Å². The van der Waals surface area contributed by atoms with Crippen molar-refractivity contribution in [2.45, 2.75) is 102 Å². The van der Waals surface area contributed by atoms with E-state index < -0.39 is 12.0 Å². The number of ether oxygens (including phenoxy) is 1. The van der Waals surface area contributed by atoms with Gasteiger partial charge in [0.05, 0.1) is 5.69 Å². The number of para-hydroxylation sites is 1. The number of amides is 1. The van der Waals surface area contributed by atoms with Crippen LogP contribution in [0.3, 0.4) is 0 Å². The molecule has 2 aliphatic carbocycles. The highest BCUT2D eigenvalue weighted by Crippen LogP contribution is 2.41. The fraction of sp³-hybridized carbons (Fsp3) is 0.545. The standard InChI is InChI=1S/C33H42N4O4.2H2S/c34-33-35-27-16-15-26(41-25-12-5-2-6-13-25)19-24(27)21-36(33)28(22-9-3-1-4-10-22)17-18-31(38)37-29-14-8-7-11-23(29)20-30(37)32(39)40;;/h2,5-6,12-13,15-16,19,22-23,28-30H,1,3-4,7-11,14,17-18,20-21H2,(H2,34,35)(H,39,40);2*1H2/t23?,28-,29?,30-;;/m0../s1. The molecule has 2 aliphatic heterocycles. The Bertz CT molecular complexity index is 1290. The summed E-state index contributed by atoms with van der Waals surface area (Å²) in [5.41, 5.74) is 8.51. The molecule has 8 nitrogen and oxygen atoms in total. The summed E-state index contributed by atoms with van der Waals surface area (Å²) in [7, 11) is 0. The van der Waals surface area contributed by atoms with Gasteiger partial charge in [-0.3, -0.25) is 4.79 Å². The molecule has 10 heteroatoms. The van der Waals surface area contributed by atoms with E-state index in [2.05, 4.69) is 4.90 Å². The number of likely N-dealkylation sites (tertiary alicyclic amines) is 1. The highest BCUT2D eigenvalue weighted by molar-refractivity contribution is 7.59. The van der Waals surface area contributed by atoms with Gasteiger partial charge in [-0.25, -0.2) is 9.79 Å². The summed E-state index contributed by atoms with van der Waals surface area (Å²) in [5, 5.41) is 9.96. The molecule has 4 aliphatic rings. The number of rotatable bonds is 8. The Morgan fingerprint density at radius 3 is 2.42 bits per heavy atom. The van der Waals surface area contributed by atoms with Crippen LogP contribution >= 0.6 is 27.0 Å². The number of carboxylic acid groups (broad SMARTS) is 1. The minimum absolute atomic E-state index is 0. The van der Waals surface area contributed by atoms with E-state index in [1.54, 1.807) is 4.90 Å². The van der Waals surface area contributed by atoms with Crippen molar-refractivity contribution in [3.8, 4) is 11.5 Å². The van der Waals surface area contributed by atoms with Crippen LogP contribution in [0.2, 0.25) is 0 Å². The summed E-state index contributed by atoms with van der Waals surface area (Å²) in [6.07, 6.45) is 11.5. The number of carboxylic acids is 1. The lowest BCUT2D eigenvalue weighted by atomic mass is 9.81. The van der Waals surface area contributed by atoms with E-state index in [0.717, 1.165) is 61.3 Å². The summed E-state index contributed by atoms with van der Waals surface area (Å²) >= 11 is 0. The van der Waals surface area contributed by atoms with E-state index >= 15 is 0 Å². The predicted molar refractivity (Wildman–Crippen MR) is 179 cm³/mol. The second-order valence-corrected chi connectivity index (χ2v) is 12.3. The molecule has 2 unspecified atom stereocenters. The molecule has 1 amide bonds. The molecule has 6 rings (SSSR count). The van der Waals surface area contributed by atoms with Gasteiger partial charge in [-0.15, -0.1) is 0 Å². The first-order valence-corrected chi connectivity index (χ1v) is 15.5.